The van der Waals surface area contributed by atoms with Crippen LogP contribution in [0.25, 0.3) is 11.4 Å². The highest BCUT2D eigenvalue weighted by molar-refractivity contribution is 5.94. The van der Waals surface area contributed by atoms with Crippen molar-refractivity contribution in [1.29, 1.82) is 0 Å². The molecule has 31 heavy (non-hydrogen) atoms. The summed E-state index contributed by atoms with van der Waals surface area (Å²) in [5, 5.41) is 0. The van der Waals surface area contributed by atoms with E-state index in [1.165, 1.54) is 5.56 Å². The van der Waals surface area contributed by atoms with Crippen LogP contribution >= 0.6 is 0 Å². The zero-order valence-corrected chi connectivity index (χ0v) is 17.8. The van der Waals surface area contributed by atoms with Crippen molar-refractivity contribution < 1.29 is 4.79 Å². The average molecular weight is 416 g/mol. The van der Waals surface area contributed by atoms with Gasteiger partial charge < -0.3 is 9.80 Å². The summed E-state index contributed by atoms with van der Waals surface area (Å²) in [5.74, 6) is 1.30. The van der Waals surface area contributed by atoms with Gasteiger partial charge in [-0.1, -0.05) is 0 Å². The van der Waals surface area contributed by atoms with Crippen molar-refractivity contribution in [2.24, 2.45) is 0 Å². The summed E-state index contributed by atoms with van der Waals surface area (Å²) in [5.41, 5.74) is 3.64. The van der Waals surface area contributed by atoms with E-state index >= 15 is 0 Å². The molecule has 0 N–H and O–H groups in total. The topological polar surface area (TPSA) is 88.0 Å². The highest BCUT2D eigenvalue weighted by atomic mass is 16.2. The molecule has 1 amide bonds. The second-order valence-electron chi connectivity index (χ2n) is 8.58. The van der Waals surface area contributed by atoms with E-state index in [1.807, 2.05) is 42.2 Å². The van der Waals surface area contributed by atoms with Crippen molar-refractivity contribution in [3.05, 3.63) is 59.9 Å². The number of likely N-dealkylation sites (tertiary alicyclic amines) is 1. The van der Waals surface area contributed by atoms with Crippen molar-refractivity contribution >= 4 is 11.9 Å². The van der Waals surface area contributed by atoms with Crippen LogP contribution in [0.1, 0.15) is 40.9 Å². The Morgan fingerprint density at radius 3 is 2.58 bits per heavy atom. The van der Waals surface area contributed by atoms with Gasteiger partial charge in [0.2, 0.25) is 5.95 Å². The van der Waals surface area contributed by atoms with E-state index in [2.05, 4.69) is 19.9 Å². The number of pyridine rings is 1. The summed E-state index contributed by atoms with van der Waals surface area (Å²) in [4.78, 5) is 39.3. The van der Waals surface area contributed by atoms with Gasteiger partial charge in [0.05, 0.1) is 11.3 Å². The van der Waals surface area contributed by atoms with E-state index in [-0.39, 0.29) is 11.3 Å². The summed E-state index contributed by atoms with van der Waals surface area (Å²) in [6, 6.07) is 3.71. The van der Waals surface area contributed by atoms with Crippen molar-refractivity contribution in [2.45, 2.75) is 31.1 Å². The third-order valence-electron chi connectivity index (χ3n) is 6.33. The van der Waals surface area contributed by atoms with Crippen LogP contribution in [0.15, 0.2) is 43.1 Å². The molecule has 4 heterocycles. The Morgan fingerprint density at radius 2 is 1.84 bits per heavy atom. The van der Waals surface area contributed by atoms with Gasteiger partial charge in [-0.15, -0.1) is 0 Å². The predicted molar refractivity (Wildman–Crippen MR) is 117 cm³/mol. The van der Waals surface area contributed by atoms with Gasteiger partial charge in [-0.25, -0.2) is 19.9 Å². The SMILES string of the molecule is CN(C)c1ncc2c(n1)C1(CCCN(C(=O)c3cnc(-c4ccncc4)nc3)C1)CC2. The minimum atomic E-state index is -0.0885. The number of aryl methyl sites for hydroxylation is 1. The second kappa shape index (κ2) is 7.68. The first-order valence-electron chi connectivity index (χ1n) is 10.6. The van der Waals surface area contributed by atoms with Gasteiger partial charge in [0.25, 0.3) is 5.91 Å². The maximum absolute atomic E-state index is 13.3. The molecule has 0 saturated carbocycles. The summed E-state index contributed by atoms with van der Waals surface area (Å²) in [6.07, 6.45) is 12.6. The van der Waals surface area contributed by atoms with Crippen LogP contribution in [-0.4, -0.2) is 62.9 Å². The lowest BCUT2D eigenvalue weighted by Gasteiger charge is -2.40. The number of piperidine rings is 1. The maximum Gasteiger partial charge on any atom is 0.257 e. The normalized spacial score (nSPS) is 20.0. The van der Waals surface area contributed by atoms with Gasteiger partial charge >= 0.3 is 0 Å². The molecule has 1 spiro atoms. The average Bonchev–Trinajstić information content (AvgIpc) is 3.16. The number of rotatable bonds is 3. The molecule has 1 aliphatic heterocycles. The fourth-order valence-corrected chi connectivity index (χ4v) is 4.72. The number of amides is 1. The number of hydrogen-bond donors (Lipinski definition) is 0. The molecule has 2 aliphatic rings. The number of hydrogen-bond acceptors (Lipinski definition) is 7. The summed E-state index contributed by atoms with van der Waals surface area (Å²) in [6.45, 7) is 1.42. The first-order chi connectivity index (χ1) is 15.1. The molecule has 0 radical (unpaired) electrons. The molecule has 1 aliphatic carbocycles. The van der Waals surface area contributed by atoms with E-state index in [0.29, 0.717) is 17.9 Å². The molecule has 1 fully saturated rings. The monoisotopic (exact) mass is 415 g/mol. The van der Waals surface area contributed by atoms with Crippen molar-refractivity contribution in [2.75, 3.05) is 32.1 Å². The van der Waals surface area contributed by atoms with Crippen molar-refractivity contribution in [3.63, 3.8) is 0 Å². The molecule has 8 heteroatoms. The zero-order chi connectivity index (χ0) is 21.4. The first kappa shape index (κ1) is 19.5. The molecule has 1 atom stereocenters. The van der Waals surface area contributed by atoms with Crippen LogP contribution in [0, 0.1) is 0 Å². The maximum atomic E-state index is 13.3. The van der Waals surface area contributed by atoms with Gasteiger partial charge in [0, 0.05) is 69.1 Å². The molecule has 3 aromatic heterocycles. The Hall–Kier alpha value is -3.42. The highest BCUT2D eigenvalue weighted by Crippen LogP contribution is 2.44. The molecule has 0 aromatic carbocycles. The lowest BCUT2D eigenvalue weighted by atomic mass is 9.77. The molecule has 5 rings (SSSR count). The predicted octanol–water partition coefficient (Wildman–Crippen LogP) is 2.51. The fraction of sp³-hybridized carbons (Fsp3) is 0.391. The number of carbonyl (C=O) groups is 1. The molecule has 8 nitrogen and oxygen atoms in total. The summed E-state index contributed by atoms with van der Waals surface area (Å²) in [7, 11) is 3.91. The Labute approximate surface area is 181 Å². The largest absolute Gasteiger partial charge is 0.347 e. The number of aromatic nitrogens is 5. The zero-order valence-electron chi connectivity index (χ0n) is 17.8. The second-order valence-corrected chi connectivity index (χ2v) is 8.58. The Bertz CT molecular complexity index is 1100. The number of fused-ring (bicyclic) bond motifs is 2. The Balaban J connectivity index is 1.38. The first-order valence-corrected chi connectivity index (χ1v) is 10.6. The van der Waals surface area contributed by atoms with Gasteiger partial charge in [0.1, 0.15) is 0 Å². The van der Waals surface area contributed by atoms with E-state index in [9.17, 15) is 4.79 Å². The summed E-state index contributed by atoms with van der Waals surface area (Å²) < 4.78 is 0. The van der Waals surface area contributed by atoms with Crippen LogP contribution < -0.4 is 4.90 Å². The smallest absolute Gasteiger partial charge is 0.257 e. The minimum absolute atomic E-state index is 0.0179. The molecule has 158 valence electrons. The molecule has 0 bridgehead atoms. The number of nitrogens with zero attached hydrogens (tertiary/aromatic N) is 7. The molecular formula is C23H25N7O. The van der Waals surface area contributed by atoms with Crippen LogP contribution in [0.2, 0.25) is 0 Å². The van der Waals surface area contributed by atoms with Gasteiger partial charge in [-0.05, 0) is 43.4 Å². The third kappa shape index (κ3) is 3.52. The van der Waals surface area contributed by atoms with Gasteiger partial charge in [0.15, 0.2) is 5.82 Å². The van der Waals surface area contributed by atoms with E-state index in [0.717, 1.165) is 49.4 Å². The molecule has 1 unspecified atom stereocenters. The lowest BCUT2D eigenvalue weighted by molar-refractivity contribution is 0.0632. The molecule has 1 saturated heterocycles. The van der Waals surface area contributed by atoms with Gasteiger partial charge in [-0.2, -0.15) is 0 Å². The van der Waals surface area contributed by atoms with E-state index in [1.54, 1.807) is 24.8 Å². The number of carbonyl (C=O) groups excluding carboxylic acids is 1. The Kier molecular flexibility index (Phi) is 4.84. The van der Waals surface area contributed by atoms with Crippen molar-refractivity contribution in [3.8, 4) is 11.4 Å². The van der Waals surface area contributed by atoms with Crippen molar-refractivity contribution in [1.82, 2.24) is 29.8 Å². The summed E-state index contributed by atoms with van der Waals surface area (Å²) >= 11 is 0. The third-order valence-corrected chi connectivity index (χ3v) is 6.33. The molecular weight excluding hydrogens is 390 g/mol. The number of anilines is 1. The quantitative estimate of drug-likeness (QED) is 0.649. The fourth-order valence-electron chi connectivity index (χ4n) is 4.72. The van der Waals surface area contributed by atoms with E-state index < -0.39 is 0 Å². The van der Waals surface area contributed by atoms with Crippen LogP contribution in [0.3, 0.4) is 0 Å². The van der Waals surface area contributed by atoms with E-state index in [4.69, 9.17) is 4.98 Å². The van der Waals surface area contributed by atoms with Crippen LogP contribution in [-0.2, 0) is 11.8 Å². The van der Waals surface area contributed by atoms with Crippen LogP contribution in [0.5, 0.6) is 0 Å². The highest BCUT2D eigenvalue weighted by Gasteiger charge is 2.45. The van der Waals surface area contributed by atoms with Crippen LogP contribution in [0.4, 0.5) is 5.95 Å². The molecule has 3 aromatic rings. The standard InChI is InChI=1S/C23H25N7O/c1-29(2)22-27-12-17-4-8-23(19(17)28-22)7-3-11-30(15-23)21(31)18-13-25-20(26-14-18)16-5-9-24-10-6-16/h5-6,9-10,12-14H,3-4,7-8,11,15H2,1-2H3. The van der Waals surface area contributed by atoms with Gasteiger partial charge in [-0.3, -0.25) is 9.78 Å². The Morgan fingerprint density at radius 1 is 1.06 bits per heavy atom. The minimum Gasteiger partial charge on any atom is -0.347 e. The lowest BCUT2D eigenvalue weighted by Crippen LogP contribution is -2.48.